The maximum Gasteiger partial charge on any atom is 0.262 e. The number of carbonyl (C=O) groups is 2. The van der Waals surface area contributed by atoms with Crippen molar-refractivity contribution in [1.29, 1.82) is 0 Å². The summed E-state index contributed by atoms with van der Waals surface area (Å²) in [5.41, 5.74) is 10.7. The lowest BCUT2D eigenvalue weighted by Crippen LogP contribution is -2.37. The molecular weight excluding hydrogens is 410 g/mol. The summed E-state index contributed by atoms with van der Waals surface area (Å²) in [5, 5.41) is 10.6. The molecule has 1 fully saturated rings. The molecule has 9 nitrogen and oxygen atoms in total. The first-order valence-corrected chi connectivity index (χ1v) is 10.8. The standard InChI is InChI=1S/C23H23N5O4/c24-23(30)21(11-1-2-11)26-13-8-15-19-17(9-13)31-6-5-25-22(19)20(28-15)12-3-4-16-14(7-12)27-18(29)10-32-16/h3-4,7-9,11,21,25-26,28H,1-2,5-6,10H2,(H2,24,30)(H,27,29)/t21-/m0/s1. The Bertz CT molecular complexity index is 1260. The minimum atomic E-state index is -0.387. The highest BCUT2D eigenvalue weighted by Gasteiger charge is 2.35. The van der Waals surface area contributed by atoms with Crippen molar-refractivity contribution in [3.8, 4) is 22.8 Å². The third-order valence-electron chi connectivity index (χ3n) is 6.15. The van der Waals surface area contributed by atoms with Crippen LogP contribution < -0.4 is 31.2 Å². The first-order valence-electron chi connectivity index (χ1n) is 10.8. The number of amides is 2. The highest BCUT2D eigenvalue weighted by atomic mass is 16.5. The number of H-pyrrole nitrogens is 1. The van der Waals surface area contributed by atoms with E-state index in [1.165, 1.54) is 0 Å². The third-order valence-corrected chi connectivity index (χ3v) is 6.15. The first kappa shape index (κ1) is 18.9. The van der Waals surface area contributed by atoms with Gasteiger partial charge in [0.2, 0.25) is 5.91 Å². The summed E-state index contributed by atoms with van der Waals surface area (Å²) in [4.78, 5) is 27.2. The van der Waals surface area contributed by atoms with Gasteiger partial charge in [-0.25, -0.2) is 0 Å². The van der Waals surface area contributed by atoms with Crippen LogP contribution in [0.5, 0.6) is 11.5 Å². The molecule has 0 radical (unpaired) electrons. The maximum atomic E-state index is 11.9. The summed E-state index contributed by atoms with van der Waals surface area (Å²) >= 11 is 0. The molecular formula is C23H23N5O4. The second-order valence-electron chi connectivity index (χ2n) is 8.46. The fourth-order valence-electron chi connectivity index (χ4n) is 4.49. The fourth-order valence-corrected chi connectivity index (χ4v) is 4.49. The van der Waals surface area contributed by atoms with Gasteiger partial charge in [0.1, 0.15) is 24.1 Å². The largest absolute Gasteiger partial charge is 0.491 e. The van der Waals surface area contributed by atoms with Gasteiger partial charge < -0.3 is 36.1 Å². The normalized spacial score (nSPS) is 17.8. The molecule has 2 aliphatic heterocycles. The summed E-state index contributed by atoms with van der Waals surface area (Å²) in [6, 6.07) is 9.23. The summed E-state index contributed by atoms with van der Waals surface area (Å²) < 4.78 is 11.5. The zero-order valence-corrected chi connectivity index (χ0v) is 17.3. The Labute approximate surface area is 183 Å². The lowest BCUT2D eigenvalue weighted by atomic mass is 10.1. The highest BCUT2D eigenvalue weighted by Crippen LogP contribution is 2.44. The second-order valence-corrected chi connectivity index (χ2v) is 8.46. The first-order chi connectivity index (χ1) is 15.6. The van der Waals surface area contributed by atoms with Crippen molar-refractivity contribution in [2.75, 3.05) is 35.7 Å². The van der Waals surface area contributed by atoms with E-state index < -0.39 is 0 Å². The van der Waals surface area contributed by atoms with Crippen LogP contribution in [0.25, 0.3) is 22.2 Å². The van der Waals surface area contributed by atoms with Gasteiger partial charge in [-0.05, 0) is 43.0 Å². The van der Waals surface area contributed by atoms with Crippen molar-refractivity contribution in [3.05, 3.63) is 30.3 Å². The zero-order chi connectivity index (χ0) is 21.8. The molecule has 9 heteroatoms. The van der Waals surface area contributed by atoms with Crippen LogP contribution in [0.15, 0.2) is 30.3 Å². The van der Waals surface area contributed by atoms with E-state index in [0.29, 0.717) is 24.6 Å². The van der Waals surface area contributed by atoms with Crippen LogP contribution in [0.1, 0.15) is 12.8 Å². The van der Waals surface area contributed by atoms with E-state index in [4.69, 9.17) is 15.2 Å². The summed E-state index contributed by atoms with van der Waals surface area (Å²) in [6.45, 7) is 1.19. The van der Waals surface area contributed by atoms with Gasteiger partial charge in [-0.15, -0.1) is 0 Å². The summed E-state index contributed by atoms with van der Waals surface area (Å²) in [6.07, 6.45) is 2.01. The lowest BCUT2D eigenvalue weighted by molar-refractivity contribution is -0.119. The van der Waals surface area contributed by atoms with Crippen LogP contribution in [0.3, 0.4) is 0 Å². The van der Waals surface area contributed by atoms with E-state index in [2.05, 4.69) is 20.9 Å². The Morgan fingerprint density at radius 2 is 2.03 bits per heavy atom. The molecule has 0 bridgehead atoms. The zero-order valence-electron chi connectivity index (χ0n) is 17.3. The quantitative estimate of drug-likeness (QED) is 0.421. The van der Waals surface area contributed by atoms with Gasteiger partial charge >= 0.3 is 0 Å². The molecule has 32 heavy (non-hydrogen) atoms. The number of fused-ring (bicyclic) bond motifs is 1. The van der Waals surface area contributed by atoms with Crippen LogP contribution in [0, 0.1) is 5.92 Å². The van der Waals surface area contributed by atoms with E-state index in [0.717, 1.165) is 52.1 Å². The van der Waals surface area contributed by atoms with Crippen molar-refractivity contribution >= 4 is 39.8 Å². The van der Waals surface area contributed by atoms with Crippen molar-refractivity contribution < 1.29 is 19.1 Å². The number of aromatic amines is 1. The highest BCUT2D eigenvalue weighted by molar-refractivity contribution is 6.07. The molecule has 3 aliphatic rings. The molecule has 3 heterocycles. The smallest absolute Gasteiger partial charge is 0.262 e. The monoisotopic (exact) mass is 433 g/mol. The fraction of sp³-hybridized carbons (Fsp3) is 0.304. The topological polar surface area (TPSA) is 130 Å². The molecule has 1 saturated carbocycles. The maximum absolute atomic E-state index is 11.9. The summed E-state index contributed by atoms with van der Waals surface area (Å²) in [5.74, 6) is 1.16. The average Bonchev–Trinajstić information content (AvgIpc) is 3.57. The molecule has 0 unspecified atom stereocenters. The molecule has 0 spiro atoms. The van der Waals surface area contributed by atoms with Gasteiger partial charge in [0.05, 0.1) is 28.0 Å². The van der Waals surface area contributed by atoms with E-state index in [-0.39, 0.29) is 30.4 Å². The van der Waals surface area contributed by atoms with Gasteiger partial charge in [-0.3, -0.25) is 9.59 Å². The lowest BCUT2D eigenvalue weighted by Gasteiger charge is -2.18. The number of hydrogen-bond acceptors (Lipinski definition) is 6. The van der Waals surface area contributed by atoms with E-state index in [9.17, 15) is 9.59 Å². The minimum absolute atomic E-state index is 0.0230. The Hall–Kier alpha value is -3.88. The molecule has 2 aromatic carbocycles. The Balaban J connectivity index is 1.44. The van der Waals surface area contributed by atoms with Crippen LogP contribution in [0.2, 0.25) is 0 Å². The SMILES string of the molecule is NC(=O)[C@@H](Nc1cc2c3c(c(-c4ccc5c(c4)NC(=O)CO5)[nH]c3c1)NCCO2)C1CC1. The Morgan fingerprint density at radius 3 is 2.84 bits per heavy atom. The number of nitrogens with one attached hydrogen (secondary N) is 4. The van der Waals surface area contributed by atoms with Crippen molar-refractivity contribution in [3.63, 3.8) is 0 Å². The number of nitrogens with two attached hydrogens (primary N) is 1. The molecule has 1 aliphatic carbocycles. The van der Waals surface area contributed by atoms with Crippen LogP contribution >= 0.6 is 0 Å². The van der Waals surface area contributed by atoms with Crippen LogP contribution in [-0.4, -0.2) is 42.6 Å². The number of primary amides is 1. The predicted molar refractivity (Wildman–Crippen MR) is 121 cm³/mol. The van der Waals surface area contributed by atoms with Crippen LogP contribution in [0.4, 0.5) is 17.1 Å². The second kappa shape index (κ2) is 7.08. The molecule has 164 valence electrons. The van der Waals surface area contributed by atoms with Crippen molar-refractivity contribution in [1.82, 2.24) is 4.98 Å². The number of ether oxygens (including phenoxy) is 2. The van der Waals surface area contributed by atoms with E-state index >= 15 is 0 Å². The van der Waals surface area contributed by atoms with E-state index in [1.807, 2.05) is 30.3 Å². The number of anilines is 3. The number of carbonyl (C=O) groups excluding carboxylic acids is 2. The molecule has 3 aromatic rings. The number of aromatic nitrogens is 1. The van der Waals surface area contributed by atoms with E-state index in [1.54, 1.807) is 0 Å². The molecule has 6 rings (SSSR count). The van der Waals surface area contributed by atoms with Gasteiger partial charge in [0.25, 0.3) is 5.91 Å². The number of rotatable bonds is 5. The number of hydrogen-bond donors (Lipinski definition) is 5. The van der Waals surface area contributed by atoms with Crippen molar-refractivity contribution in [2.24, 2.45) is 11.7 Å². The molecule has 2 amide bonds. The number of benzene rings is 2. The molecule has 1 aromatic heterocycles. The molecule has 6 N–H and O–H groups in total. The average molecular weight is 433 g/mol. The van der Waals surface area contributed by atoms with Gasteiger partial charge in [-0.1, -0.05) is 0 Å². The molecule has 1 atom stereocenters. The van der Waals surface area contributed by atoms with Crippen molar-refractivity contribution in [2.45, 2.75) is 18.9 Å². The third kappa shape index (κ3) is 3.17. The van der Waals surface area contributed by atoms with Gasteiger partial charge in [0, 0.05) is 23.9 Å². The van der Waals surface area contributed by atoms with Crippen LogP contribution in [-0.2, 0) is 9.59 Å². The minimum Gasteiger partial charge on any atom is -0.491 e. The molecule has 0 saturated heterocycles. The van der Waals surface area contributed by atoms with Gasteiger partial charge in [-0.2, -0.15) is 0 Å². The summed E-state index contributed by atoms with van der Waals surface area (Å²) in [7, 11) is 0. The Kier molecular flexibility index (Phi) is 4.17. The van der Waals surface area contributed by atoms with Gasteiger partial charge in [0.15, 0.2) is 6.61 Å². The Morgan fingerprint density at radius 1 is 1.16 bits per heavy atom. The predicted octanol–water partition coefficient (Wildman–Crippen LogP) is 2.65.